The fourth-order valence-corrected chi connectivity index (χ4v) is 7.01. The highest BCUT2D eigenvalue weighted by Crippen LogP contribution is 2.41. The van der Waals surface area contributed by atoms with E-state index in [1.54, 1.807) is 26.4 Å². The molecule has 46 heavy (non-hydrogen) atoms. The first-order valence-corrected chi connectivity index (χ1v) is 15.3. The molecule has 234 valence electrons. The van der Waals surface area contributed by atoms with Crippen molar-refractivity contribution in [2.75, 3.05) is 34.4 Å². The largest absolute Gasteiger partial charge is 0.496 e. The van der Waals surface area contributed by atoms with Gasteiger partial charge in [-0.05, 0) is 30.2 Å². The van der Waals surface area contributed by atoms with Crippen molar-refractivity contribution >= 4 is 34.7 Å². The van der Waals surface area contributed by atoms with Crippen LogP contribution in [0, 0.1) is 0 Å². The zero-order valence-electron chi connectivity index (χ0n) is 25.7. The molecule has 2 saturated heterocycles. The highest BCUT2D eigenvalue weighted by atomic mass is 35.5. The lowest BCUT2D eigenvalue weighted by Crippen LogP contribution is -2.66. The summed E-state index contributed by atoms with van der Waals surface area (Å²) in [6, 6.07) is 19.2. The number of ether oxygens (including phenoxy) is 3. The summed E-state index contributed by atoms with van der Waals surface area (Å²) in [5, 5.41) is 9.35. The standard InChI is InChI=1S/C35H32ClN5O5/c1-44-30-14-22(15-31(45-2)27(30)17-40-19-35(20-40)13-12-32(43)39-35)41-29-9-5-6-23(26(29)16-37-41)24-7-4-8-25(33(24)36)28-11-10-21(18-42)34(38-28)46-3/h4-11,14-16,18H,12-13,17,19-20H2,1-3H3,(H,39,43). The molecule has 7 rings (SSSR count). The van der Waals surface area contributed by atoms with Crippen LogP contribution in [-0.4, -0.2) is 71.8 Å². The van der Waals surface area contributed by atoms with Crippen LogP contribution >= 0.6 is 11.6 Å². The lowest BCUT2D eigenvalue weighted by molar-refractivity contribution is -0.120. The van der Waals surface area contributed by atoms with Gasteiger partial charge in [-0.25, -0.2) is 9.67 Å². The molecule has 0 unspecified atom stereocenters. The van der Waals surface area contributed by atoms with Crippen molar-refractivity contribution in [1.82, 2.24) is 25.0 Å². The maximum absolute atomic E-state index is 11.8. The SMILES string of the molecule is COc1cc(-n2ncc3c(-c4cccc(-c5ccc(C=O)c(OC)n5)c4Cl)cccc32)cc(OC)c1CN1CC2(CCC(=O)N2)C1. The number of pyridine rings is 1. The van der Waals surface area contributed by atoms with Gasteiger partial charge in [-0.1, -0.05) is 41.9 Å². The molecule has 0 aliphatic carbocycles. The highest BCUT2D eigenvalue weighted by Gasteiger charge is 2.47. The van der Waals surface area contributed by atoms with Gasteiger partial charge in [0.05, 0.1) is 66.1 Å². The Kier molecular flexibility index (Phi) is 7.62. The van der Waals surface area contributed by atoms with E-state index in [1.807, 2.05) is 59.4 Å². The van der Waals surface area contributed by atoms with E-state index in [1.165, 1.54) is 7.11 Å². The molecule has 11 heteroatoms. The fourth-order valence-electron chi connectivity index (χ4n) is 6.69. The van der Waals surface area contributed by atoms with Crippen LogP contribution in [0.2, 0.25) is 5.02 Å². The molecule has 2 aliphatic heterocycles. The monoisotopic (exact) mass is 637 g/mol. The number of carbonyl (C=O) groups is 2. The number of aromatic nitrogens is 3. The third kappa shape index (κ3) is 5.03. The number of likely N-dealkylation sites (tertiary alicyclic amines) is 1. The number of rotatable bonds is 9. The predicted molar refractivity (Wildman–Crippen MR) is 175 cm³/mol. The van der Waals surface area contributed by atoms with Gasteiger partial charge in [0.25, 0.3) is 0 Å². The van der Waals surface area contributed by atoms with E-state index in [0.29, 0.717) is 52.6 Å². The van der Waals surface area contributed by atoms with Crippen molar-refractivity contribution in [2.45, 2.75) is 24.9 Å². The number of aldehydes is 1. The van der Waals surface area contributed by atoms with Crippen molar-refractivity contribution in [3.05, 3.63) is 83.0 Å². The number of benzene rings is 3. The number of methoxy groups -OCH3 is 3. The molecule has 0 bridgehead atoms. The second kappa shape index (κ2) is 11.8. The van der Waals surface area contributed by atoms with Crippen LogP contribution in [0.15, 0.2) is 66.9 Å². The molecule has 1 amide bonds. The minimum Gasteiger partial charge on any atom is -0.496 e. The summed E-state index contributed by atoms with van der Waals surface area (Å²) in [5.41, 5.74) is 5.92. The van der Waals surface area contributed by atoms with Gasteiger partial charge in [0.1, 0.15) is 11.5 Å². The van der Waals surface area contributed by atoms with Crippen LogP contribution in [-0.2, 0) is 11.3 Å². The number of nitrogens with zero attached hydrogens (tertiary/aromatic N) is 4. The molecule has 3 aromatic carbocycles. The van der Waals surface area contributed by atoms with Crippen LogP contribution in [0.5, 0.6) is 17.4 Å². The number of nitrogens with one attached hydrogen (secondary N) is 1. The second-order valence-corrected chi connectivity index (χ2v) is 12.1. The number of amides is 1. The highest BCUT2D eigenvalue weighted by molar-refractivity contribution is 6.36. The molecule has 1 spiro atoms. The summed E-state index contributed by atoms with van der Waals surface area (Å²) < 4.78 is 18.9. The number of fused-ring (bicyclic) bond motifs is 1. The Labute approximate surface area is 270 Å². The molecule has 5 aromatic rings. The van der Waals surface area contributed by atoms with Crippen LogP contribution in [0.1, 0.15) is 28.8 Å². The average molecular weight is 638 g/mol. The fraction of sp³-hybridized carbons (Fsp3) is 0.257. The predicted octanol–water partition coefficient (Wildman–Crippen LogP) is 5.71. The quantitative estimate of drug-likeness (QED) is 0.205. The third-order valence-electron chi connectivity index (χ3n) is 8.90. The average Bonchev–Trinajstić information content (AvgIpc) is 3.68. The van der Waals surface area contributed by atoms with Crippen LogP contribution in [0.25, 0.3) is 39.0 Å². The number of halogens is 1. The molecule has 4 heterocycles. The first kappa shape index (κ1) is 29.8. The van der Waals surface area contributed by atoms with E-state index in [-0.39, 0.29) is 17.3 Å². The molecule has 1 N–H and O–H groups in total. The summed E-state index contributed by atoms with van der Waals surface area (Å²) in [6.07, 6.45) is 4.01. The van der Waals surface area contributed by atoms with Crippen molar-refractivity contribution in [1.29, 1.82) is 0 Å². The van der Waals surface area contributed by atoms with Gasteiger partial charge in [0, 0.05) is 54.7 Å². The van der Waals surface area contributed by atoms with E-state index in [9.17, 15) is 9.59 Å². The van der Waals surface area contributed by atoms with Gasteiger partial charge in [-0.2, -0.15) is 5.10 Å². The molecule has 2 aromatic heterocycles. The minimum atomic E-state index is -0.101. The Morgan fingerprint density at radius 3 is 2.35 bits per heavy atom. The molecular formula is C35H32ClN5O5. The topological polar surface area (TPSA) is 108 Å². The molecule has 0 atom stereocenters. The van der Waals surface area contributed by atoms with E-state index >= 15 is 0 Å². The molecule has 2 aliphatic rings. The van der Waals surface area contributed by atoms with Gasteiger partial charge >= 0.3 is 0 Å². The van der Waals surface area contributed by atoms with Gasteiger partial charge in [-0.3, -0.25) is 14.5 Å². The smallest absolute Gasteiger partial charge is 0.224 e. The summed E-state index contributed by atoms with van der Waals surface area (Å²) in [6.45, 7) is 2.25. The van der Waals surface area contributed by atoms with Gasteiger partial charge in [0.15, 0.2) is 6.29 Å². The summed E-state index contributed by atoms with van der Waals surface area (Å²) in [7, 11) is 4.79. The Balaban J connectivity index is 1.23. The van der Waals surface area contributed by atoms with Crippen LogP contribution in [0.4, 0.5) is 0 Å². The Morgan fingerprint density at radius 2 is 1.67 bits per heavy atom. The van der Waals surface area contributed by atoms with Crippen LogP contribution in [0.3, 0.4) is 0 Å². The van der Waals surface area contributed by atoms with Crippen molar-refractivity contribution in [3.8, 4) is 45.5 Å². The lowest BCUT2D eigenvalue weighted by atomic mass is 9.88. The first-order valence-electron chi connectivity index (χ1n) is 14.9. The van der Waals surface area contributed by atoms with E-state index in [0.717, 1.165) is 52.8 Å². The van der Waals surface area contributed by atoms with Crippen molar-refractivity contribution < 1.29 is 23.8 Å². The van der Waals surface area contributed by atoms with Crippen LogP contribution < -0.4 is 19.5 Å². The molecule has 2 fully saturated rings. The van der Waals surface area contributed by atoms with E-state index in [2.05, 4.69) is 15.2 Å². The van der Waals surface area contributed by atoms with Gasteiger partial charge in [-0.15, -0.1) is 0 Å². The Hall–Kier alpha value is -4.93. The van der Waals surface area contributed by atoms with Crippen molar-refractivity contribution in [2.24, 2.45) is 0 Å². The summed E-state index contributed by atoms with van der Waals surface area (Å²) in [5.74, 6) is 1.77. The number of hydrogen-bond acceptors (Lipinski definition) is 8. The summed E-state index contributed by atoms with van der Waals surface area (Å²) in [4.78, 5) is 30.0. The van der Waals surface area contributed by atoms with Gasteiger partial charge in [0.2, 0.25) is 11.8 Å². The minimum absolute atomic E-state index is 0.101. The maximum Gasteiger partial charge on any atom is 0.224 e. The zero-order valence-corrected chi connectivity index (χ0v) is 26.4. The first-order chi connectivity index (χ1) is 22.4. The van der Waals surface area contributed by atoms with Crippen molar-refractivity contribution in [3.63, 3.8) is 0 Å². The Morgan fingerprint density at radius 1 is 0.957 bits per heavy atom. The van der Waals surface area contributed by atoms with Gasteiger partial charge < -0.3 is 19.5 Å². The zero-order chi connectivity index (χ0) is 32.0. The number of carbonyl (C=O) groups excluding carboxylic acids is 2. The molecule has 0 radical (unpaired) electrons. The van der Waals surface area contributed by atoms with E-state index in [4.69, 9.17) is 30.9 Å². The lowest BCUT2D eigenvalue weighted by Gasteiger charge is -2.48. The molecule has 10 nitrogen and oxygen atoms in total. The maximum atomic E-state index is 11.8. The second-order valence-electron chi connectivity index (χ2n) is 11.7. The summed E-state index contributed by atoms with van der Waals surface area (Å²) >= 11 is 7.04. The molecule has 0 saturated carbocycles. The van der Waals surface area contributed by atoms with E-state index < -0.39 is 0 Å². The Bertz CT molecular complexity index is 1980. The third-order valence-corrected chi connectivity index (χ3v) is 9.30. The molecular weight excluding hydrogens is 606 g/mol. The normalized spacial score (nSPS) is 15.5. The number of hydrogen-bond donors (Lipinski definition) is 1.